The van der Waals surface area contributed by atoms with E-state index in [2.05, 4.69) is 15.3 Å². The number of pyridine rings is 2. The van der Waals surface area contributed by atoms with Crippen molar-refractivity contribution in [3.63, 3.8) is 0 Å². The van der Waals surface area contributed by atoms with Crippen molar-refractivity contribution in [1.29, 1.82) is 0 Å². The summed E-state index contributed by atoms with van der Waals surface area (Å²) in [6, 6.07) is 11.1. The quantitative estimate of drug-likeness (QED) is 0.766. The molecule has 0 bridgehead atoms. The molecule has 1 amide bonds. The fourth-order valence-electron chi connectivity index (χ4n) is 2.80. The summed E-state index contributed by atoms with van der Waals surface area (Å²) in [7, 11) is 1.52. The lowest BCUT2D eigenvalue weighted by Gasteiger charge is -2.10. The van der Waals surface area contributed by atoms with Crippen molar-refractivity contribution in [2.24, 2.45) is 0 Å². The number of fused-ring (bicyclic) bond motifs is 1. The summed E-state index contributed by atoms with van der Waals surface area (Å²) >= 11 is 0. The Morgan fingerprint density at radius 2 is 2.00 bits per heavy atom. The third kappa shape index (κ3) is 3.38. The number of carbonyl (C=O) groups is 1. The van der Waals surface area contributed by atoms with Gasteiger partial charge in [-0.25, -0.2) is 4.98 Å². The minimum atomic E-state index is -0.358. The van der Waals surface area contributed by atoms with Crippen LogP contribution in [0.15, 0.2) is 41.2 Å². The number of hydrogen-bond acceptors (Lipinski definition) is 4. The largest absolute Gasteiger partial charge is 0.481 e. The molecule has 2 aromatic heterocycles. The zero-order valence-electron chi connectivity index (χ0n) is 14.3. The lowest BCUT2D eigenvalue weighted by Crippen LogP contribution is -2.28. The molecule has 0 saturated carbocycles. The number of aromatic nitrogens is 2. The van der Waals surface area contributed by atoms with Gasteiger partial charge in [-0.1, -0.05) is 18.2 Å². The molecular formula is C19H19N3O3. The standard InChI is InChI=1S/C19H19N3O3/c1-11-8-12(2)21-17(23)15(11)10-20-18(24)16-9-13-6-4-5-7-14(13)19(22-16)25-3/h4-9H,10H2,1-3H3,(H,20,24)(H,21,23). The van der Waals surface area contributed by atoms with Crippen LogP contribution in [0.1, 0.15) is 27.3 Å². The Balaban J connectivity index is 1.87. The molecular weight excluding hydrogens is 318 g/mol. The predicted molar refractivity (Wildman–Crippen MR) is 96.0 cm³/mol. The van der Waals surface area contributed by atoms with E-state index in [0.717, 1.165) is 22.0 Å². The molecule has 25 heavy (non-hydrogen) atoms. The van der Waals surface area contributed by atoms with E-state index in [9.17, 15) is 9.59 Å². The van der Waals surface area contributed by atoms with Crippen LogP contribution in [0.4, 0.5) is 0 Å². The topological polar surface area (TPSA) is 84.1 Å². The Morgan fingerprint density at radius 1 is 1.24 bits per heavy atom. The van der Waals surface area contributed by atoms with Crippen LogP contribution in [0.5, 0.6) is 5.88 Å². The number of methoxy groups -OCH3 is 1. The van der Waals surface area contributed by atoms with Gasteiger partial charge in [-0.05, 0) is 43.0 Å². The third-order valence-electron chi connectivity index (χ3n) is 4.05. The van der Waals surface area contributed by atoms with E-state index in [1.165, 1.54) is 7.11 Å². The molecule has 6 heteroatoms. The van der Waals surface area contributed by atoms with Crippen LogP contribution < -0.4 is 15.6 Å². The molecule has 2 heterocycles. The summed E-state index contributed by atoms with van der Waals surface area (Å²) in [4.78, 5) is 31.5. The number of carbonyl (C=O) groups excluding carboxylic acids is 1. The Labute approximate surface area is 144 Å². The zero-order chi connectivity index (χ0) is 18.0. The molecule has 3 rings (SSSR count). The lowest BCUT2D eigenvalue weighted by atomic mass is 10.1. The van der Waals surface area contributed by atoms with Crippen molar-refractivity contribution in [3.8, 4) is 5.88 Å². The van der Waals surface area contributed by atoms with Gasteiger partial charge < -0.3 is 15.0 Å². The number of nitrogens with one attached hydrogen (secondary N) is 2. The second-order valence-electron chi connectivity index (χ2n) is 5.86. The smallest absolute Gasteiger partial charge is 0.270 e. The molecule has 3 aromatic rings. The van der Waals surface area contributed by atoms with Gasteiger partial charge >= 0.3 is 0 Å². The maximum absolute atomic E-state index is 12.5. The van der Waals surface area contributed by atoms with E-state index in [1.54, 1.807) is 6.07 Å². The highest BCUT2D eigenvalue weighted by Crippen LogP contribution is 2.24. The van der Waals surface area contributed by atoms with Gasteiger partial charge in [0.1, 0.15) is 5.69 Å². The van der Waals surface area contributed by atoms with Crippen molar-refractivity contribution in [2.75, 3.05) is 7.11 Å². The molecule has 0 radical (unpaired) electrons. The number of rotatable bonds is 4. The van der Waals surface area contributed by atoms with E-state index in [1.807, 2.05) is 44.2 Å². The first-order valence-electron chi connectivity index (χ1n) is 7.91. The zero-order valence-corrected chi connectivity index (χ0v) is 14.3. The number of aromatic amines is 1. The number of aryl methyl sites for hydroxylation is 2. The first kappa shape index (κ1) is 16.7. The summed E-state index contributed by atoms with van der Waals surface area (Å²) < 4.78 is 5.29. The van der Waals surface area contributed by atoms with Crippen LogP contribution in [0, 0.1) is 13.8 Å². The second kappa shape index (κ2) is 6.76. The summed E-state index contributed by atoms with van der Waals surface area (Å²) in [5, 5.41) is 4.46. The normalized spacial score (nSPS) is 10.7. The van der Waals surface area contributed by atoms with Crippen molar-refractivity contribution >= 4 is 16.7 Å². The molecule has 0 spiro atoms. The number of nitrogens with zero attached hydrogens (tertiary/aromatic N) is 1. The van der Waals surface area contributed by atoms with Crippen LogP contribution in [0.25, 0.3) is 10.8 Å². The van der Waals surface area contributed by atoms with Gasteiger partial charge in [-0.2, -0.15) is 0 Å². The summed E-state index contributed by atoms with van der Waals surface area (Å²) in [6.45, 7) is 3.81. The highest BCUT2D eigenvalue weighted by molar-refractivity contribution is 5.98. The third-order valence-corrected chi connectivity index (χ3v) is 4.05. The maximum Gasteiger partial charge on any atom is 0.270 e. The summed E-state index contributed by atoms with van der Waals surface area (Å²) in [5.41, 5.74) is 2.22. The van der Waals surface area contributed by atoms with Crippen molar-refractivity contribution in [2.45, 2.75) is 20.4 Å². The van der Waals surface area contributed by atoms with Gasteiger partial charge in [0.2, 0.25) is 5.88 Å². The average molecular weight is 337 g/mol. The van der Waals surface area contributed by atoms with Gasteiger partial charge in [0.25, 0.3) is 11.5 Å². The summed E-state index contributed by atoms with van der Waals surface area (Å²) in [5.74, 6) is 0.0380. The molecule has 0 aliphatic rings. The Bertz CT molecular complexity index is 1010. The molecule has 0 fully saturated rings. The van der Waals surface area contributed by atoms with E-state index in [-0.39, 0.29) is 23.7 Å². The monoisotopic (exact) mass is 337 g/mol. The highest BCUT2D eigenvalue weighted by atomic mass is 16.5. The Morgan fingerprint density at radius 3 is 2.72 bits per heavy atom. The van der Waals surface area contributed by atoms with Gasteiger partial charge in [-0.3, -0.25) is 9.59 Å². The van der Waals surface area contributed by atoms with Crippen molar-refractivity contribution in [3.05, 3.63) is 69.3 Å². The highest BCUT2D eigenvalue weighted by Gasteiger charge is 2.14. The van der Waals surface area contributed by atoms with E-state index in [0.29, 0.717) is 11.4 Å². The van der Waals surface area contributed by atoms with Crippen LogP contribution in [-0.2, 0) is 6.54 Å². The maximum atomic E-state index is 12.5. The molecule has 2 N–H and O–H groups in total. The number of amides is 1. The van der Waals surface area contributed by atoms with Gasteiger partial charge in [0.15, 0.2) is 0 Å². The first-order valence-corrected chi connectivity index (χ1v) is 7.91. The van der Waals surface area contributed by atoms with E-state index < -0.39 is 0 Å². The van der Waals surface area contributed by atoms with Crippen molar-refractivity contribution < 1.29 is 9.53 Å². The van der Waals surface area contributed by atoms with Gasteiger partial charge in [0.05, 0.1) is 7.11 Å². The molecule has 0 unspecified atom stereocenters. The predicted octanol–water partition coefficient (Wildman–Crippen LogP) is 2.48. The van der Waals surface area contributed by atoms with Crippen LogP contribution in [-0.4, -0.2) is 23.0 Å². The fourth-order valence-corrected chi connectivity index (χ4v) is 2.80. The van der Waals surface area contributed by atoms with Crippen LogP contribution in [0.3, 0.4) is 0 Å². The minimum absolute atomic E-state index is 0.136. The molecule has 0 atom stereocenters. The minimum Gasteiger partial charge on any atom is -0.481 e. The Kier molecular flexibility index (Phi) is 4.52. The number of hydrogen-bond donors (Lipinski definition) is 2. The molecule has 128 valence electrons. The number of benzene rings is 1. The van der Waals surface area contributed by atoms with Crippen LogP contribution in [0.2, 0.25) is 0 Å². The molecule has 0 aliphatic carbocycles. The van der Waals surface area contributed by atoms with E-state index in [4.69, 9.17) is 4.74 Å². The molecule has 6 nitrogen and oxygen atoms in total. The fraction of sp³-hybridized carbons (Fsp3) is 0.211. The van der Waals surface area contributed by atoms with Gasteiger partial charge in [0, 0.05) is 23.2 Å². The summed E-state index contributed by atoms with van der Waals surface area (Å²) in [6.07, 6.45) is 0. The molecule has 0 aliphatic heterocycles. The first-order chi connectivity index (χ1) is 12.0. The molecule has 0 saturated heterocycles. The van der Waals surface area contributed by atoms with Crippen molar-refractivity contribution in [1.82, 2.24) is 15.3 Å². The van der Waals surface area contributed by atoms with Gasteiger partial charge in [-0.15, -0.1) is 0 Å². The Hall–Kier alpha value is -3.15. The lowest BCUT2D eigenvalue weighted by molar-refractivity contribution is 0.0945. The SMILES string of the molecule is COc1nc(C(=O)NCc2c(C)cc(C)[nH]c2=O)cc2ccccc12. The number of H-pyrrole nitrogens is 1. The average Bonchev–Trinajstić information content (AvgIpc) is 2.59. The molecule has 1 aromatic carbocycles. The van der Waals surface area contributed by atoms with E-state index >= 15 is 0 Å². The van der Waals surface area contributed by atoms with Crippen LogP contribution >= 0.6 is 0 Å². The number of ether oxygens (including phenoxy) is 1. The second-order valence-corrected chi connectivity index (χ2v) is 5.86.